The highest BCUT2D eigenvalue weighted by molar-refractivity contribution is 6.30. The van der Waals surface area contributed by atoms with Gasteiger partial charge in [-0.3, -0.25) is 4.79 Å². The third-order valence-electron chi connectivity index (χ3n) is 2.84. The van der Waals surface area contributed by atoms with Gasteiger partial charge in [0.15, 0.2) is 5.78 Å². The number of Topliss-reactive ketones (excluding diaryl/α,β-unsaturated/α-hetero) is 1. The van der Waals surface area contributed by atoms with E-state index in [9.17, 15) is 13.6 Å². The van der Waals surface area contributed by atoms with Gasteiger partial charge in [-0.15, -0.1) is 0 Å². The lowest BCUT2D eigenvalue weighted by Gasteiger charge is -2.06. The van der Waals surface area contributed by atoms with E-state index in [0.29, 0.717) is 16.7 Å². The summed E-state index contributed by atoms with van der Waals surface area (Å²) >= 11 is 5.66. The summed E-state index contributed by atoms with van der Waals surface area (Å²) in [5, 5.41) is -0.0128. The smallest absolute Gasteiger partial charge is 0.167 e. The number of benzene rings is 2. The third-order valence-corrected chi connectivity index (χ3v) is 3.13. The molecular weight excluding hydrogens is 270 g/mol. The molecule has 0 aliphatic carbocycles. The minimum absolute atomic E-state index is 0.0128. The van der Waals surface area contributed by atoms with Crippen molar-refractivity contribution in [3.63, 3.8) is 0 Å². The first-order valence-corrected chi connectivity index (χ1v) is 6.08. The van der Waals surface area contributed by atoms with Crippen LogP contribution in [0.25, 0.3) is 0 Å². The molecule has 0 aliphatic heterocycles. The quantitative estimate of drug-likeness (QED) is 0.764. The van der Waals surface area contributed by atoms with Gasteiger partial charge in [-0.05, 0) is 48.4 Å². The predicted molar refractivity (Wildman–Crippen MR) is 70.6 cm³/mol. The van der Waals surface area contributed by atoms with E-state index < -0.39 is 5.82 Å². The Morgan fingerprint density at radius 2 is 1.89 bits per heavy atom. The van der Waals surface area contributed by atoms with Gasteiger partial charge in [-0.2, -0.15) is 0 Å². The van der Waals surface area contributed by atoms with Crippen molar-refractivity contribution < 1.29 is 13.6 Å². The maximum atomic E-state index is 13.0. The normalized spacial score (nSPS) is 10.5. The molecular formula is C15H11ClF2O. The molecule has 4 heteroatoms. The van der Waals surface area contributed by atoms with E-state index in [4.69, 9.17) is 11.6 Å². The minimum Gasteiger partial charge on any atom is -0.294 e. The van der Waals surface area contributed by atoms with Crippen LogP contribution in [0, 0.1) is 18.6 Å². The van der Waals surface area contributed by atoms with Gasteiger partial charge < -0.3 is 0 Å². The van der Waals surface area contributed by atoms with Gasteiger partial charge in [0.25, 0.3) is 0 Å². The molecule has 2 aromatic rings. The van der Waals surface area contributed by atoms with Gasteiger partial charge >= 0.3 is 0 Å². The fourth-order valence-corrected chi connectivity index (χ4v) is 2.07. The summed E-state index contributed by atoms with van der Waals surface area (Å²) in [5.74, 6) is -1.05. The zero-order valence-electron chi connectivity index (χ0n) is 10.2. The highest BCUT2D eigenvalue weighted by Crippen LogP contribution is 2.18. The minimum atomic E-state index is -0.518. The Hall–Kier alpha value is -1.74. The molecule has 0 heterocycles. The fraction of sp³-hybridized carbons (Fsp3) is 0.133. The molecule has 0 amide bonds. The van der Waals surface area contributed by atoms with Crippen LogP contribution in [0.15, 0.2) is 36.4 Å². The van der Waals surface area contributed by atoms with Gasteiger partial charge in [-0.1, -0.05) is 17.7 Å². The van der Waals surface area contributed by atoms with Crippen molar-refractivity contribution in [2.75, 3.05) is 0 Å². The number of aryl methyl sites for hydroxylation is 1. The van der Waals surface area contributed by atoms with Crippen LogP contribution in [-0.4, -0.2) is 5.78 Å². The maximum Gasteiger partial charge on any atom is 0.167 e. The second-order valence-corrected chi connectivity index (χ2v) is 4.71. The van der Waals surface area contributed by atoms with Crippen LogP contribution in [0.2, 0.25) is 5.02 Å². The van der Waals surface area contributed by atoms with Gasteiger partial charge in [0, 0.05) is 12.0 Å². The molecule has 0 atom stereocenters. The zero-order chi connectivity index (χ0) is 14.0. The van der Waals surface area contributed by atoms with Crippen molar-refractivity contribution in [1.29, 1.82) is 0 Å². The summed E-state index contributed by atoms with van der Waals surface area (Å²) < 4.78 is 26.0. The molecule has 0 bridgehead atoms. The maximum absolute atomic E-state index is 13.0. The average Bonchev–Trinajstić information content (AvgIpc) is 2.33. The van der Waals surface area contributed by atoms with E-state index in [1.54, 1.807) is 6.92 Å². The first-order chi connectivity index (χ1) is 8.97. The number of hydrogen-bond acceptors (Lipinski definition) is 1. The number of ketones is 1. The molecule has 98 valence electrons. The lowest BCUT2D eigenvalue weighted by Crippen LogP contribution is -2.06. The van der Waals surface area contributed by atoms with Crippen molar-refractivity contribution in [3.8, 4) is 0 Å². The predicted octanol–water partition coefficient (Wildman–Crippen LogP) is 4.35. The molecule has 0 radical (unpaired) electrons. The van der Waals surface area contributed by atoms with Crippen LogP contribution >= 0.6 is 11.6 Å². The summed E-state index contributed by atoms with van der Waals surface area (Å²) in [4.78, 5) is 12.1. The highest BCUT2D eigenvalue weighted by atomic mass is 35.5. The van der Waals surface area contributed by atoms with Crippen LogP contribution in [0.5, 0.6) is 0 Å². The first-order valence-electron chi connectivity index (χ1n) is 5.70. The van der Waals surface area contributed by atoms with Gasteiger partial charge in [-0.25, -0.2) is 8.78 Å². The summed E-state index contributed by atoms with van der Waals surface area (Å²) in [6, 6.07) is 8.18. The number of carbonyl (C=O) groups excluding carboxylic acids is 1. The van der Waals surface area contributed by atoms with E-state index in [-0.39, 0.29) is 23.0 Å². The van der Waals surface area contributed by atoms with Crippen molar-refractivity contribution in [2.24, 2.45) is 0 Å². The van der Waals surface area contributed by atoms with Gasteiger partial charge in [0.1, 0.15) is 11.6 Å². The Labute approximate surface area is 114 Å². The van der Waals surface area contributed by atoms with E-state index in [2.05, 4.69) is 0 Å². The molecule has 1 nitrogen and oxygen atoms in total. The second kappa shape index (κ2) is 5.49. The monoisotopic (exact) mass is 280 g/mol. The number of halogens is 3. The van der Waals surface area contributed by atoms with Crippen LogP contribution in [-0.2, 0) is 6.42 Å². The molecule has 0 saturated carbocycles. The van der Waals surface area contributed by atoms with Crippen molar-refractivity contribution in [1.82, 2.24) is 0 Å². The number of rotatable bonds is 3. The molecule has 19 heavy (non-hydrogen) atoms. The molecule has 2 aromatic carbocycles. The van der Waals surface area contributed by atoms with Crippen LogP contribution in [0.1, 0.15) is 21.5 Å². The molecule has 0 spiro atoms. The Bertz CT molecular complexity index is 638. The Morgan fingerprint density at radius 1 is 1.16 bits per heavy atom. The molecule has 2 rings (SSSR count). The SMILES string of the molecule is Cc1cc(F)ccc1C(=O)Cc1ccc(F)c(Cl)c1. The average molecular weight is 281 g/mol. The molecule has 0 fully saturated rings. The standard InChI is InChI=1S/C15H11ClF2O/c1-9-6-11(17)3-4-12(9)15(19)8-10-2-5-14(18)13(16)7-10/h2-7H,8H2,1H3. The molecule has 0 saturated heterocycles. The van der Waals surface area contributed by atoms with E-state index in [1.165, 1.54) is 36.4 Å². The molecule has 0 unspecified atom stereocenters. The van der Waals surface area contributed by atoms with Crippen molar-refractivity contribution in [3.05, 3.63) is 69.7 Å². The van der Waals surface area contributed by atoms with Crippen LogP contribution in [0.4, 0.5) is 8.78 Å². The number of carbonyl (C=O) groups is 1. The van der Waals surface area contributed by atoms with E-state index in [1.807, 2.05) is 0 Å². The molecule has 0 aromatic heterocycles. The lowest BCUT2D eigenvalue weighted by molar-refractivity contribution is 0.0992. The Kier molecular flexibility index (Phi) is 3.96. The fourth-order valence-electron chi connectivity index (χ4n) is 1.87. The Balaban J connectivity index is 2.23. The van der Waals surface area contributed by atoms with Gasteiger partial charge in [0.2, 0.25) is 0 Å². The third kappa shape index (κ3) is 3.18. The summed E-state index contributed by atoms with van der Waals surface area (Å²) in [6.07, 6.45) is 0.104. The number of hydrogen-bond donors (Lipinski definition) is 0. The van der Waals surface area contributed by atoms with Crippen LogP contribution in [0.3, 0.4) is 0 Å². The molecule has 0 aliphatic rings. The largest absolute Gasteiger partial charge is 0.294 e. The Morgan fingerprint density at radius 3 is 2.53 bits per heavy atom. The topological polar surface area (TPSA) is 17.1 Å². The lowest BCUT2D eigenvalue weighted by atomic mass is 9.99. The summed E-state index contributed by atoms with van der Waals surface area (Å²) in [7, 11) is 0. The van der Waals surface area contributed by atoms with E-state index >= 15 is 0 Å². The molecule has 0 N–H and O–H groups in total. The van der Waals surface area contributed by atoms with Crippen molar-refractivity contribution >= 4 is 17.4 Å². The first kappa shape index (κ1) is 13.7. The van der Waals surface area contributed by atoms with Crippen LogP contribution < -0.4 is 0 Å². The second-order valence-electron chi connectivity index (χ2n) is 4.31. The van der Waals surface area contributed by atoms with Crippen molar-refractivity contribution in [2.45, 2.75) is 13.3 Å². The summed E-state index contributed by atoms with van der Waals surface area (Å²) in [6.45, 7) is 1.67. The van der Waals surface area contributed by atoms with Gasteiger partial charge in [0.05, 0.1) is 5.02 Å². The highest BCUT2D eigenvalue weighted by Gasteiger charge is 2.11. The van der Waals surface area contributed by atoms with E-state index in [0.717, 1.165) is 0 Å². The summed E-state index contributed by atoms with van der Waals surface area (Å²) in [5.41, 5.74) is 1.67. The zero-order valence-corrected chi connectivity index (χ0v) is 11.0.